The molecule has 0 spiro atoms. The summed E-state index contributed by atoms with van der Waals surface area (Å²) in [7, 11) is 0. The lowest BCUT2D eigenvalue weighted by molar-refractivity contribution is -0.384. The summed E-state index contributed by atoms with van der Waals surface area (Å²) < 4.78 is 12.9. The summed E-state index contributed by atoms with van der Waals surface area (Å²) in [6, 6.07) is 11.2. The average molecular weight is 299 g/mol. The van der Waals surface area contributed by atoms with Crippen LogP contribution < -0.4 is 5.32 Å². The third kappa shape index (κ3) is 3.43. The minimum absolute atomic E-state index is 0.132. The number of rotatable bonds is 4. The molecule has 2 aromatic rings. The normalized spacial score (nSPS) is 11.3. The van der Waals surface area contributed by atoms with Gasteiger partial charge in [-0.1, -0.05) is 12.1 Å². The lowest BCUT2D eigenvalue weighted by Crippen LogP contribution is -2.27. The van der Waals surface area contributed by atoms with Crippen LogP contribution in [-0.2, 0) is 0 Å². The van der Waals surface area contributed by atoms with Gasteiger partial charge in [-0.15, -0.1) is 0 Å². The molecule has 22 heavy (non-hydrogen) atoms. The topological polar surface area (TPSA) is 96.0 Å². The molecule has 0 saturated heterocycles. The Bertz CT molecular complexity index is 736. The van der Waals surface area contributed by atoms with Crippen molar-refractivity contribution in [3.8, 4) is 6.07 Å². The van der Waals surface area contributed by atoms with Gasteiger partial charge < -0.3 is 5.32 Å². The van der Waals surface area contributed by atoms with E-state index in [0.29, 0.717) is 5.56 Å². The van der Waals surface area contributed by atoms with Gasteiger partial charge in [0.15, 0.2) is 0 Å². The third-order valence-corrected chi connectivity index (χ3v) is 2.95. The maximum absolute atomic E-state index is 12.9. The van der Waals surface area contributed by atoms with Crippen LogP contribution in [0.1, 0.15) is 22.0 Å². The van der Waals surface area contributed by atoms with Gasteiger partial charge in [-0.2, -0.15) is 5.26 Å². The molecule has 2 rings (SSSR count). The molecule has 2 aromatic carbocycles. The lowest BCUT2D eigenvalue weighted by Gasteiger charge is -2.12. The van der Waals surface area contributed by atoms with Gasteiger partial charge >= 0.3 is 0 Å². The van der Waals surface area contributed by atoms with E-state index in [2.05, 4.69) is 5.32 Å². The summed E-state index contributed by atoms with van der Waals surface area (Å²) in [4.78, 5) is 22.0. The van der Waals surface area contributed by atoms with E-state index in [1.54, 1.807) is 0 Å². The molecule has 0 bridgehead atoms. The Balaban J connectivity index is 2.14. The number of hydrogen-bond donors (Lipinski definition) is 1. The van der Waals surface area contributed by atoms with Crippen molar-refractivity contribution in [2.75, 3.05) is 0 Å². The first-order chi connectivity index (χ1) is 10.5. The fraction of sp³-hybridized carbons (Fsp3) is 0.0667. The Morgan fingerprint density at radius 2 is 1.77 bits per heavy atom. The zero-order chi connectivity index (χ0) is 16.1. The molecule has 7 heteroatoms. The molecule has 0 aromatic heterocycles. The number of carbonyl (C=O) groups is 1. The second-order valence-electron chi connectivity index (χ2n) is 4.39. The number of nitrogens with zero attached hydrogens (tertiary/aromatic N) is 2. The number of amides is 1. The lowest BCUT2D eigenvalue weighted by atomic mass is 10.1. The van der Waals surface area contributed by atoms with Crippen molar-refractivity contribution in [3.63, 3.8) is 0 Å². The molecule has 0 radical (unpaired) electrons. The smallest absolute Gasteiger partial charge is 0.269 e. The Hall–Kier alpha value is -3.27. The van der Waals surface area contributed by atoms with E-state index in [-0.39, 0.29) is 11.3 Å². The first-order valence-corrected chi connectivity index (χ1v) is 6.21. The van der Waals surface area contributed by atoms with E-state index in [0.717, 1.165) is 0 Å². The Kier molecular flexibility index (Phi) is 4.44. The molecular formula is C15H10FN3O3. The number of nitriles is 1. The van der Waals surface area contributed by atoms with Gasteiger partial charge in [0, 0.05) is 17.7 Å². The van der Waals surface area contributed by atoms with Crippen molar-refractivity contribution in [1.82, 2.24) is 5.32 Å². The van der Waals surface area contributed by atoms with Crippen molar-refractivity contribution >= 4 is 11.6 Å². The summed E-state index contributed by atoms with van der Waals surface area (Å²) >= 11 is 0. The maximum atomic E-state index is 12.9. The molecule has 110 valence electrons. The molecule has 0 aliphatic carbocycles. The quantitative estimate of drug-likeness (QED) is 0.693. The number of nitro groups is 1. The number of hydrogen-bond acceptors (Lipinski definition) is 4. The van der Waals surface area contributed by atoms with Crippen LogP contribution in [-0.4, -0.2) is 10.8 Å². The third-order valence-electron chi connectivity index (χ3n) is 2.95. The highest BCUT2D eigenvalue weighted by molar-refractivity contribution is 5.94. The van der Waals surface area contributed by atoms with Crippen molar-refractivity contribution in [2.24, 2.45) is 0 Å². The highest BCUT2D eigenvalue weighted by atomic mass is 19.1. The predicted octanol–water partition coefficient (Wildman–Crippen LogP) is 2.73. The predicted molar refractivity (Wildman–Crippen MR) is 75.3 cm³/mol. The first kappa shape index (κ1) is 15.1. The van der Waals surface area contributed by atoms with Crippen LogP contribution in [0.2, 0.25) is 0 Å². The molecule has 0 saturated carbocycles. The highest BCUT2D eigenvalue weighted by Crippen LogP contribution is 2.15. The van der Waals surface area contributed by atoms with E-state index in [1.807, 2.05) is 6.07 Å². The van der Waals surface area contributed by atoms with Crippen molar-refractivity contribution < 1.29 is 14.1 Å². The molecule has 0 aliphatic rings. The largest absolute Gasteiger partial charge is 0.333 e. The van der Waals surface area contributed by atoms with E-state index < -0.39 is 22.7 Å². The van der Waals surface area contributed by atoms with E-state index >= 15 is 0 Å². The van der Waals surface area contributed by atoms with Crippen molar-refractivity contribution in [3.05, 3.63) is 75.6 Å². The summed E-state index contributed by atoms with van der Waals surface area (Å²) in [5.74, 6) is -0.993. The van der Waals surface area contributed by atoms with Gasteiger partial charge in [0.1, 0.15) is 11.9 Å². The van der Waals surface area contributed by atoms with E-state index in [9.17, 15) is 19.3 Å². The average Bonchev–Trinajstić information content (AvgIpc) is 2.53. The summed E-state index contributed by atoms with van der Waals surface area (Å²) in [6.45, 7) is 0. The van der Waals surface area contributed by atoms with Crippen LogP contribution in [0, 0.1) is 27.3 Å². The first-order valence-electron chi connectivity index (χ1n) is 6.21. The van der Waals surface area contributed by atoms with Gasteiger partial charge in [0.2, 0.25) is 0 Å². The molecular weight excluding hydrogens is 289 g/mol. The fourth-order valence-corrected chi connectivity index (χ4v) is 1.79. The summed E-state index contributed by atoms with van der Waals surface area (Å²) in [5.41, 5.74) is 0.499. The Labute approximate surface area is 125 Å². The van der Waals surface area contributed by atoms with E-state index in [4.69, 9.17) is 5.26 Å². The van der Waals surface area contributed by atoms with Gasteiger partial charge in [-0.3, -0.25) is 14.9 Å². The van der Waals surface area contributed by atoms with Crippen LogP contribution in [0.4, 0.5) is 10.1 Å². The minimum Gasteiger partial charge on any atom is -0.333 e. The van der Waals surface area contributed by atoms with Crippen molar-refractivity contribution in [2.45, 2.75) is 6.04 Å². The zero-order valence-corrected chi connectivity index (χ0v) is 11.2. The SMILES string of the molecule is N#C[C@H](NC(=O)c1ccc([N+](=O)[O-])cc1)c1ccc(F)cc1. The maximum Gasteiger partial charge on any atom is 0.269 e. The van der Waals surface area contributed by atoms with Crippen LogP contribution in [0.5, 0.6) is 0 Å². The molecule has 0 aliphatic heterocycles. The Morgan fingerprint density at radius 1 is 1.18 bits per heavy atom. The van der Waals surface area contributed by atoms with Gasteiger partial charge in [0.05, 0.1) is 11.0 Å². The zero-order valence-electron chi connectivity index (χ0n) is 11.2. The van der Waals surface area contributed by atoms with Gasteiger partial charge in [-0.05, 0) is 29.8 Å². The molecule has 1 atom stereocenters. The second-order valence-corrected chi connectivity index (χ2v) is 4.39. The van der Waals surface area contributed by atoms with Crippen molar-refractivity contribution in [1.29, 1.82) is 5.26 Å². The monoisotopic (exact) mass is 299 g/mol. The van der Waals surface area contributed by atoms with Gasteiger partial charge in [0.25, 0.3) is 11.6 Å². The number of halogens is 1. The molecule has 6 nitrogen and oxygen atoms in total. The van der Waals surface area contributed by atoms with Crippen LogP contribution in [0.15, 0.2) is 48.5 Å². The van der Waals surface area contributed by atoms with Crippen LogP contribution >= 0.6 is 0 Å². The Morgan fingerprint density at radius 3 is 2.27 bits per heavy atom. The molecule has 0 fully saturated rings. The van der Waals surface area contributed by atoms with E-state index in [1.165, 1.54) is 48.5 Å². The number of nitrogens with one attached hydrogen (secondary N) is 1. The van der Waals surface area contributed by atoms with Gasteiger partial charge in [-0.25, -0.2) is 4.39 Å². The fourth-order valence-electron chi connectivity index (χ4n) is 1.79. The number of carbonyl (C=O) groups excluding carboxylic acids is 1. The summed E-state index contributed by atoms with van der Waals surface area (Å²) in [6.07, 6.45) is 0. The minimum atomic E-state index is -0.941. The molecule has 0 unspecified atom stereocenters. The molecule has 0 heterocycles. The summed E-state index contributed by atoms with van der Waals surface area (Å²) in [5, 5.41) is 22.1. The number of non-ortho nitro benzene ring substituents is 1. The van der Waals surface area contributed by atoms with Crippen LogP contribution in [0.25, 0.3) is 0 Å². The second kappa shape index (κ2) is 6.45. The standard InChI is InChI=1S/C15H10FN3O3/c16-12-5-1-10(2-6-12)14(9-17)18-15(20)11-3-7-13(8-4-11)19(21)22/h1-8,14H,(H,18,20)/t14-/m0/s1. The highest BCUT2D eigenvalue weighted by Gasteiger charge is 2.16. The van der Waals surface area contributed by atoms with Crippen LogP contribution in [0.3, 0.4) is 0 Å². The number of benzene rings is 2. The number of nitro benzene ring substituents is 1. The molecule has 1 N–H and O–H groups in total. The molecule has 1 amide bonds.